The fraction of sp³-hybridized carbons (Fsp3) is 0.344. The number of carbonyl (C=O) groups excluding carboxylic acids is 1. The van der Waals surface area contributed by atoms with E-state index in [0.29, 0.717) is 35.8 Å². The average Bonchev–Trinajstić information content (AvgIpc) is 3.62. The van der Waals surface area contributed by atoms with E-state index in [1.165, 1.54) is 6.08 Å². The maximum atomic E-state index is 14.1. The Kier molecular flexibility index (Phi) is 6.25. The van der Waals surface area contributed by atoms with Gasteiger partial charge in [-0.25, -0.2) is 8.42 Å². The van der Waals surface area contributed by atoms with Crippen LogP contribution in [0.4, 0.5) is 5.69 Å². The van der Waals surface area contributed by atoms with Crippen LogP contribution in [0.2, 0.25) is 0 Å². The third-order valence-corrected chi connectivity index (χ3v) is 11.2. The lowest BCUT2D eigenvalue weighted by Gasteiger charge is -2.57. The van der Waals surface area contributed by atoms with Crippen molar-refractivity contribution >= 4 is 27.7 Å². The molecule has 1 spiro atoms. The number of amides is 1. The summed E-state index contributed by atoms with van der Waals surface area (Å²) in [6.07, 6.45) is 11.1. The van der Waals surface area contributed by atoms with Crippen molar-refractivity contribution in [2.45, 2.75) is 41.3 Å². The first-order chi connectivity index (χ1) is 20.2. The molecule has 10 heteroatoms. The molecule has 1 saturated heterocycles. The highest BCUT2D eigenvalue weighted by Crippen LogP contribution is 2.63. The first-order valence-corrected chi connectivity index (χ1v) is 15.5. The molecule has 2 bridgehead atoms. The maximum Gasteiger partial charge on any atom is 0.244 e. The van der Waals surface area contributed by atoms with E-state index in [9.17, 15) is 13.2 Å². The number of anilines is 1. The Morgan fingerprint density at radius 3 is 2.67 bits per heavy atom. The summed E-state index contributed by atoms with van der Waals surface area (Å²) in [5.74, 6) is 0.982. The molecule has 218 valence electrons. The van der Waals surface area contributed by atoms with Crippen molar-refractivity contribution in [3.8, 4) is 11.5 Å². The van der Waals surface area contributed by atoms with Gasteiger partial charge in [0, 0.05) is 60.9 Å². The van der Waals surface area contributed by atoms with Crippen molar-refractivity contribution in [2.24, 2.45) is 5.92 Å². The molecule has 1 N–H and O–H groups in total. The fourth-order valence-corrected chi connectivity index (χ4v) is 9.07. The second-order valence-corrected chi connectivity index (χ2v) is 13.5. The third-order valence-electron chi connectivity index (χ3n) is 9.29. The number of nitrogens with one attached hydrogen (secondary N) is 1. The van der Waals surface area contributed by atoms with Gasteiger partial charge in [0.25, 0.3) is 0 Å². The van der Waals surface area contributed by atoms with Crippen LogP contribution in [0.5, 0.6) is 11.5 Å². The summed E-state index contributed by atoms with van der Waals surface area (Å²) in [6.45, 7) is 0.351. The lowest BCUT2D eigenvalue weighted by Crippen LogP contribution is -2.67. The Balaban J connectivity index is 1.26. The Labute approximate surface area is 245 Å². The predicted molar refractivity (Wildman–Crippen MR) is 158 cm³/mol. The lowest BCUT2D eigenvalue weighted by molar-refractivity contribution is -0.118. The summed E-state index contributed by atoms with van der Waals surface area (Å²) in [5.41, 5.74) is 3.40. The highest BCUT2D eigenvalue weighted by Gasteiger charge is 2.66. The van der Waals surface area contributed by atoms with Crippen LogP contribution >= 0.6 is 0 Å². The van der Waals surface area contributed by atoms with Gasteiger partial charge < -0.3 is 24.1 Å². The molecule has 7 rings (SSSR count). The summed E-state index contributed by atoms with van der Waals surface area (Å²) in [4.78, 5) is 15.2. The number of rotatable bonds is 7. The van der Waals surface area contributed by atoms with Gasteiger partial charge >= 0.3 is 0 Å². The van der Waals surface area contributed by atoms with Gasteiger partial charge in [0.2, 0.25) is 15.9 Å². The molecule has 0 unspecified atom stereocenters. The van der Waals surface area contributed by atoms with E-state index in [4.69, 9.17) is 13.9 Å². The zero-order chi connectivity index (χ0) is 29.2. The van der Waals surface area contributed by atoms with Gasteiger partial charge in [0.1, 0.15) is 6.10 Å². The van der Waals surface area contributed by atoms with Gasteiger partial charge in [-0.1, -0.05) is 18.2 Å². The molecule has 42 heavy (non-hydrogen) atoms. The second kappa shape index (κ2) is 9.78. The number of furan rings is 1. The van der Waals surface area contributed by atoms with Crippen LogP contribution in [-0.2, 0) is 26.7 Å². The molecular weight excluding hydrogens is 554 g/mol. The van der Waals surface area contributed by atoms with Crippen LogP contribution in [0.3, 0.4) is 0 Å². The second-order valence-electron chi connectivity index (χ2n) is 11.6. The quantitative estimate of drug-likeness (QED) is 0.332. The number of benzene rings is 2. The van der Waals surface area contributed by atoms with Crippen molar-refractivity contribution < 1.29 is 27.1 Å². The molecule has 9 nitrogen and oxygen atoms in total. The van der Waals surface area contributed by atoms with Crippen LogP contribution in [-0.4, -0.2) is 64.6 Å². The zero-order valence-electron chi connectivity index (χ0n) is 23.7. The van der Waals surface area contributed by atoms with Crippen LogP contribution in [0.15, 0.2) is 82.5 Å². The van der Waals surface area contributed by atoms with E-state index in [0.717, 1.165) is 22.4 Å². The molecule has 1 amide bonds. The standard InChI is InChI=1S/C32H33N3O6S/c1-34(2)22-6-8-23(9-7-22)42(37,38)35-16-15-32-24-10-11-25(33-28(36)13-4-20-14-17-40-19-20)31(32)41-30-27(39-3)12-5-21(29(30)32)18-26(24)35/h4-14,17,19,24-26,31H,15-16,18H2,1-3H3,(H,33,36)/b13-4+/t24-,25+,26+,31-,32-/m0/s1. The number of piperidine rings is 1. The number of methoxy groups -OCH3 is 1. The summed E-state index contributed by atoms with van der Waals surface area (Å²) in [6, 6.07) is 12.1. The number of hydrogen-bond acceptors (Lipinski definition) is 7. The number of sulfonamides is 1. The molecule has 0 radical (unpaired) electrons. The molecule has 2 aliphatic carbocycles. The van der Waals surface area contributed by atoms with Crippen molar-refractivity contribution in [2.75, 3.05) is 32.6 Å². The van der Waals surface area contributed by atoms with Crippen LogP contribution in [0.25, 0.3) is 6.08 Å². The SMILES string of the molecule is COc1ccc2c3c1O[C@H]1[C@H](NC(=O)/C=C/c4ccoc4)C=C[C@H]4[C@@H](C2)N(S(=O)(=O)c2ccc(N(C)C)cc2)CC[C@@]341. The van der Waals surface area contributed by atoms with Gasteiger partial charge in [-0.05, 0) is 60.9 Å². The van der Waals surface area contributed by atoms with Crippen LogP contribution in [0.1, 0.15) is 23.1 Å². The fourth-order valence-electron chi connectivity index (χ4n) is 7.43. The predicted octanol–water partition coefficient (Wildman–Crippen LogP) is 3.76. The first kappa shape index (κ1) is 26.9. The topological polar surface area (TPSA) is 101 Å². The highest BCUT2D eigenvalue weighted by atomic mass is 32.2. The number of carbonyl (C=O) groups is 1. The Hall–Kier alpha value is -4.02. The molecule has 1 aromatic heterocycles. The van der Waals surface area contributed by atoms with E-state index < -0.39 is 27.6 Å². The molecular formula is C32H33N3O6S. The number of ether oxygens (including phenoxy) is 2. The molecule has 4 aliphatic rings. The van der Waals surface area contributed by atoms with E-state index in [2.05, 4.69) is 11.4 Å². The van der Waals surface area contributed by atoms with Gasteiger partial charge in [-0.2, -0.15) is 4.31 Å². The van der Waals surface area contributed by atoms with Gasteiger partial charge in [0.15, 0.2) is 11.5 Å². The molecule has 1 fully saturated rings. The normalized spacial score (nSPS) is 27.4. The zero-order valence-corrected chi connectivity index (χ0v) is 24.5. The van der Waals surface area contributed by atoms with Crippen LogP contribution in [0, 0.1) is 5.92 Å². The first-order valence-electron chi connectivity index (χ1n) is 14.1. The Bertz CT molecular complexity index is 1700. The average molecular weight is 588 g/mol. The molecule has 0 saturated carbocycles. The van der Waals surface area contributed by atoms with E-state index >= 15 is 0 Å². The molecule has 3 aromatic rings. The van der Waals surface area contributed by atoms with Crippen LogP contribution < -0.4 is 19.7 Å². The van der Waals surface area contributed by atoms with Crippen molar-refractivity contribution in [3.05, 3.63) is 89.9 Å². The van der Waals surface area contributed by atoms with Gasteiger partial charge in [-0.3, -0.25) is 4.79 Å². The minimum atomic E-state index is -3.76. The molecule has 3 heterocycles. The Morgan fingerprint density at radius 2 is 1.95 bits per heavy atom. The molecule has 2 aliphatic heterocycles. The van der Waals surface area contributed by atoms with Crippen molar-refractivity contribution in [1.82, 2.24) is 9.62 Å². The minimum Gasteiger partial charge on any atom is -0.493 e. The summed E-state index contributed by atoms with van der Waals surface area (Å²) in [7, 11) is 1.72. The minimum absolute atomic E-state index is 0.123. The van der Waals surface area contributed by atoms with E-state index in [-0.39, 0.29) is 17.9 Å². The van der Waals surface area contributed by atoms with E-state index in [1.807, 2.05) is 49.3 Å². The monoisotopic (exact) mass is 587 g/mol. The largest absolute Gasteiger partial charge is 0.493 e. The smallest absolute Gasteiger partial charge is 0.244 e. The maximum absolute atomic E-state index is 14.1. The highest BCUT2D eigenvalue weighted by molar-refractivity contribution is 7.89. The third kappa shape index (κ3) is 3.92. The molecule has 5 atom stereocenters. The Morgan fingerprint density at radius 1 is 1.14 bits per heavy atom. The van der Waals surface area contributed by atoms with Gasteiger partial charge in [-0.15, -0.1) is 0 Å². The summed E-state index contributed by atoms with van der Waals surface area (Å²) in [5, 5.41) is 3.12. The molecule has 2 aromatic carbocycles. The number of hydrogen-bond donors (Lipinski definition) is 1. The van der Waals surface area contributed by atoms with Crippen molar-refractivity contribution in [3.63, 3.8) is 0 Å². The lowest BCUT2D eigenvalue weighted by atomic mass is 9.53. The summed E-state index contributed by atoms with van der Waals surface area (Å²) >= 11 is 0. The van der Waals surface area contributed by atoms with E-state index in [1.54, 1.807) is 48.2 Å². The summed E-state index contributed by atoms with van der Waals surface area (Å²) < 4.78 is 47.4. The van der Waals surface area contributed by atoms with Gasteiger partial charge in [0.05, 0.1) is 30.6 Å². The number of nitrogens with zero attached hydrogens (tertiary/aromatic N) is 2. The van der Waals surface area contributed by atoms with Crippen molar-refractivity contribution in [1.29, 1.82) is 0 Å².